The molecule has 1 aromatic carbocycles. The molecule has 0 unspecified atom stereocenters. The van der Waals surface area contributed by atoms with E-state index in [1.807, 2.05) is 25.4 Å². The Hall–Kier alpha value is -0.560. The maximum absolute atomic E-state index is 12.0. The lowest BCUT2D eigenvalue weighted by Crippen LogP contribution is -2.25. The highest BCUT2D eigenvalue weighted by Gasteiger charge is 2.12. The molecular weight excluding hydrogens is 280 g/mol. The van der Waals surface area contributed by atoms with Crippen molar-refractivity contribution in [2.75, 3.05) is 32.1 Å². The molecule has 0 aromatic heterocycles. The third-order valence-corrected chi connectivity index (χ3v) is 4.89. The van der Waals surface area contributed by atoms with Crippen LogP contribution in [0.5, 0.6) is 0 Å². The molecule has 0 heterocycles. The first-order valence-electron chi connectivity index (χ1n) is 6.32. The second-order valence-corrected chi connectivity index (χ2v) is 6.99. The van der Waals surface area contributed by atoms with Gasteiger partial charge in [-0.15, -0.1) is 0 Å². The van der Waals surface area contributed by atoms with Gasteiger partial charge in [-0.1, -0.05) is 12.1 Å². The van der Waals surface area contributed by atoms with Gasteiger partial charge in [-0.3, -0.25) is 0 Å². The minimum atomic E-state index is -3.35. The van der Waals surface area contributed by atoms with Crippen LogP contribution in [0.1, 0.15) is 12.0 Å². The fourth-order valence-electron chi connectivity index (χ4n) is 1.61. The first-order valence-corrected chi connectivity index (χ1v) is 9.20. The Labute approximate surface area is 120 Å². The number of hydrogen-bond acceptors (Lipinski definition) is 4. The topological polar surface area (TPSA) is 58.2 Å². The number of sulfonamides is 1. The summed E-state index contributed by atoms with van der Waals surface area (Å²) in [5.41, 5.74) is 1.13. The van der Waals surface area contributed by atoms with E-state index in [-0.39, 0.29) is 0 Å². The SMILES string of the molecule is CNCCc1ccc(S(=O)(=O)NCCCSC)cc1. The molecule has 0 radical (unpaired) electrons. The summed E-state index contributed by atoms with van der Waals surface area (Å²) < 4.78 is 26.6. The fourth-order valence-corrected chi connectivity index (χ4v) is 3.12. The van der Waals surface area contributed by atoms with E-state index in [0.29, 0.717) is 11.4 Å². The number of hydrogen-bond donors (Lipinski definition) is 2. The second kappa shape index (κ2) is 8.58. The third-order valence-electron chi connectivity index (χ3n) is 2.71. The van der Waals surface area contributed by atoms with Gasteiger partial charge in [-0.2, -0.15) is 11.8 Å². The Kier molecular flexibility index (Phi) is 7.45. The largest absolute Gasteiger partial charge is 0.319 e. The van der Waals surface area contributed by atoms with Gasteiger partial charge in [-0.25, -0.2) is 13.1 Å². The molecular formula is C13H22N2O2S2. The maximum atomic E-state index is 12.0. The van der Waals surface area contributed by atoms with Gasteiger partial charge in [0.1, 0.15) is 0 Å². The molecule has 6 heteroatoms. The highest BCUT2D eigenvalue weighted by atomic mass is 32.2. The highest BCUT2D eigenvalue weighted by molar-refractivity contribution is 7.98. The molecule has 0 atom stereocenters. The molecule has 0 bridgehead atoms. The molecule has 0 aliphatic heterocycles. The van der Waals surface area contributed by atoms with Crippen molar-refractivity contribution in [1.82, 2.24) is 10.0 Å². The Morgan fingerprint density at radius 3 is 2.42 bits per heavy atom. The number of benzene rings is 1. The molecule has 0 aliphatic carbocycles. The van der Waals surface area contributed by atoms with Crippen molar-refractivity contribution in [3.05, 3.63) is 29.8 Å². The maximum Gasteiger partial charge on any atom is 0.240 e. The van der Waals surface area contributed by atoms with Crippen LogP contribution in [0.25, 0.3) is 0 Å². The molecule has 0 fully saturated rings. The van der Waals surface area contributed by atoms with Crippen LogP contribution in [-0.2, 0) is 16.4 Å². The first kappa shape index (κ1) is 16.5. The monoisotopic (exact) mass is 302 g/mol. The highest BCUT2D eigenvalue weighted by Crippen LogP contribution is 2.11. The van der Waals surface area contributed by atoms with E-state index in [1.165, 1.54) is 0 Å². The summed E-state index contributed by atoms with van der Waals surface area (Å²) in [4.78, 5) is 0.338. The first-order chi connectivity index (χ1) is 9.10. The average molecular weight is 302 g/mol. The lowest BCUT2D eigenvalue weighted by molar-refractivity contribution is 0.581. The molecule has 108 valence electrons. The van der Waals surface area contributed by atoms with Gasteiger partial charge < -0.3 is 5.32 Å². The van der Waals surface area contributed by atoms with Gasteiger partial charge in [0.25, 0.3) is 0 Å². The van der Waals surface area contributed by atoms with E-state index < -0.39 is 10.0 Å². The summed E-state index contributed by atoms with van der Waals surface area (Å²) in [5.74, 6) is 0.964. The summed E-state index contributed by atoms with van der Waals surface area (Å²) in [6.07, 6.45) is 3.76. The van der Waals surface area contributed by atoms with Crippen molar-refractivity contribution < 1.29 is 8.42 Å². The zero-order valence-electron chi connectivity index (χ0n) is 11.5. The number of thioether (sulfide) groups is 1. The minimum Gasteiger partial charge on any atom is -0.319 e. The second-order valence-electron chi connectivity index (χ2n) is 4.24. The molecule has 19 heavy (non-hydrogen) atoms. The minimum absolute atomic E-state index is 0.338. The predicted molar refractivity (Wildman–Crippen MR) is 82.3 cm³/mol. The van der Waals surface area contributed by atoms with E-state index in [9.17, 15) is 8.42 Å². The smallest absolute Gasteiger partial charge is 0.240 e. The van der Waals surface area contributed by atoms with Crippen molar-refractivity contribution >= 4 is 21.8 Å². The number of rotatable bonds is 9. The lowest BCUT2D eigenvalue weighted by Gasteiger charge is -2.07. The Morgan fingerprint density at radius 1 is 1.16 bits per heavy atom. The van der Waals surface area contributed by atoms with E-state index in [2.05, 4.69) is 10.0 Å². The van der Waals surface area contributed by atoms with Gasteiger partial charge in [0.2, 0.25) is 10.0 Å². The van der Waals surface area contributed by atoms with Crippen LogP contribution in [0.3, 0.4) is 0 Å². The molecule has 0 saturated heterocycles. The van der Waals surface area contributed by atoms with Crippen molar-refractivity contribution in [1.29, 1.82) is 0 Å². The summed E-state index contributed by atoms with van der Waals surface area (Å²) in [7, 11) is -1.45. The van der Waals surface area contributed by atoms with Crippen LogP contribution in [0.2, 0.25) is 0 Å². The summed E-state index contributed by atoms with van der Waals surface area (Å²) in [6.45, 7) is 1.38. The molecule has 0 amide bonds. The third kappa shape index (κ3) is 5.95. The lowest BCUT2D eigenvalue weighted by atomic mass is 10.1. The van der Waals surface area contributed by atoms with Gasteiger partial charge in [0, 0.05) is 6.54 Å². The number of likely N-dealkylation sites (N-methyl/N-ethyl adjacent to an activating group) is 1. The summed E-state index contributed by atoms with van der Waals surface area (Å²) >= 11 is 1.72. The molecule has 0 aliphatic rings. The van der Waals surface area contributed by atoms with Gasteiger partial charge >= 0.3 is 0 Å². The Morgan fingerprint density at radius 2 is 1.84 bits per heavy atom. The molecule has 0 saturated carbocycles. The fraction of sp³-hybridized carbons (Fsp3) is 0.538. The normalized spacial score (nSPS) is 11.7. The Bertz CT molecular complexity index is 458. The van der Waals surface area contributed by atoms with Crippen molar-refractivity contribution in [3.63, 3.8) is 0 Å². The van der Waals surface area contributed by atoms with E-state index in [1.54, 1.807) is 23.9 Å². The average Bonchev–Trinajstić information content (AvgIpc) is 2.42. The van der Waals surface area contributed by atoms with E-state index in [0.717, 1.165) is 30.7 Å². The van der Waals surface area contributed by atoms with Gasteiger partial charge in [-0.05, 0) is 56.1 Å². The van der Waals surface area contributed by atoms with Crippen LogP contribution >= 0.6 is 11.8 Å². The van der Waals surface area contributed by atoms with Crippen LogP contribution in [0.15, 0.2) is 29.2 Å². The Balaban J connectivity index is 2.58. The van der Waals surface area contributed by atoms with Crippen molar-refractivity contribution in [2.24, 2.45) is 0 Å². The van der Waals surface area contributed by atoms with Crippen LogP contribution in [0.4, 0.5) is 0 Å². The standard InChI is InChI=1S/C13H22N2O2S2/c1-14-10-8-12-4-6-13(7-5-12)19(16,17)15-9-3-11-18-2/h4-7,14-15H,3,8-11H2,1-2H3. The van der Waals surface area contributed by atoms with Crippen LogP contribution in [0, 0.1) is 0 Å². The molecule has 1 aromatic rings. The molecule has 0 spiro atoms. The van der Waals surface area contributed by atoms with Gasteiger partial charge in [0.15, 0.2) is 0 Å². The summed E-state index contributed by atoms with van der Waals surface area (Å²) in [6, 6.07) is 7.07. The summed E-state index contributed by atoms with van der Waals surface area (Å²) in [5, 5.41) is 3.07. The number of nitrogens with one attached hydrogen (secondary N) is 2. The zero-order valence-corrected chi connectivity index (χ0v) is 13.1. The van der Waals surface area contributed by atoms with Crippen LogP contribution < -0.4 is 10.0 Å². The van der Waals surface area contributed by atoms with E-state index in [4.69, 9.17) is 0 Å². The zero-order chi connectivity index (χ0) is 14.1. The van der Waals surface area contributed by atoms with E-state index >= 15 is 0 Å². The van der Waals surface area contributed by atoms with Crippen LogP contribution in [-0.4, -0.2) is 40.6 Å². The quantitative estimate of drug-likeness (QED) is 0.679. The van der Waals surface area contributed by atoms with Crippen molar-refractivity contribution in [3.8, 4) is 0 Å². The predicted octanol–water partition coefficient (Wildman–Crippen LogP) is 1.48. The molecule has 1 rings (SSSR count). The molecule has 2 N–H and O–H groups in total. The van der Waals surface area contributed by atoms with Gasteiger partial charge in [0.05, 0.1) is 4.90 Å². The van der Waals surface area contributed by atoms with Crippen molar-refractivity contribution in [2.45, 2.75) is 17.7 Å². The molecule has 4 nitrogen and oxygen atoms in total.